The van der Waals surface area contributed by atoms with Crippen LogP contribution in [0.5, 0.6) is 0 Å². The summed E-state index contributed by atoms with van der Waals surface area (Å²) in [6.07, 6.45) is 6.04. The predicted octanol–water partition coefficient (Wildman–Crippen LogP) is 2.76. The third-order valence-corrected chi connectivity index (χ3v) is 3.67. The minimum atomic E-state index is -0.892. The van der Waals surface area contributed by atoms with Crippen LogP contribution >= 0.6 is 0 Å². The lowest BCUT2D eigenvalue weighted by Gasteiger charge is -2.15. The number of aromatic nitrogens is 2. The van der Waals surface area contributed by atoms with Crippen molar-refractivity contribution in [3.05, 3.63) is 47.0 Å². The lowest BCUT2D eigenvalue weighted by atomic mass is 10.0. The van der Waals surface area contributed by atoms with Gasteiger partial charge in [0.1, 0.15) is 0 Å². The first-order valence-corrected chi connectivity index (χ1v) is 6.56. The minimum absolute atomic E-state index is 0.339. The van der Waals surface area contributed by atoms with E-state index in [1.54, 1.807) is 12.4 Å². The number of carboxylic acids is 1. The highest BCUT2D eigenvalue weighted by Gasteiger charge is 2.19. The molecule has 19 heavy (non-hydrogen) atoms. The summed E-state index contributed by atoms with van der Waals surface area (Å²) in [5.74, 6) is -0.892. The van der Waals surface area contributed by atoms with Crippen LogP contribution in [0.15, 0.2) is 24.5 Å². The zero-order valence-electron chi connectivity index (χ0n) is 10.9. The number of aromatic carboxylic acids is 1. The lowest BCUT2D eigenvalue weighted by Crippen LogP contribution is -2.10. The van der Waals surface area contributed by atoms with Crippen molar-refractivity contribution in [2.24, 2.45) is 0 Å². The van der Waals surface area contributed by atoms with Crippen LogP contribution in [0.2, 0.25) is 0 Å². The third-order valence-electron chi connectivity index (χ3n) is 3.67. The van der Waals surface area contributed by atoms with E-state index in [-0.39, 0.29) is 0 Å². The molecule has 0 aliphatic heterocycles. The normalized spacial score (nSPS) is 14.2. The molecular formula is C15H16N2O2. The molecule has 1 aliphatic rings. The molecule has 0 unspecified atom stereocenters. The summed E-state index contributed by atoms with van der Waals surface area (Å²) in [6, 6.07) is 5.53. The maximum atomic E-state index is 11.4. The Morgan fingerprint density at radius 3 is 2.89 bits per heavy atom. The lowest BCUT2D eigenvalue weighted by molar-refractivity contribution is 0.0697. The topological polar surface area (TPSA) is 55.1 Å². The number of imidazole rings is 1. The first-order valence-electron chi connectivity index (χ1n) is 6.56. The molecule has 1 aromatic heterocycles. The van der Waals surface area contributed by atoms with Gasteiger partial charge in [-0.15, -0.1) is 0 Å². The molecule has 0 bridgehead atoms. The van der Waals surface area contributed by atoms with Crippen LogP contribution in [-0.2, 0) is 12.8 Å². The molecule has 1 aliphatic carbocycles. The highest BCUT2D eigenvalue weighted by Crippen LogP contribution is 2.25. The quantitative estimate of drug-likeness (QED) is 0.898. The molecular weight excluding hydrogens is 240 g/mol. The Labute approximate surface area is 111 Å². The molecule has 0 spiro atoms. The number of benzene rings is 1. The van der Waals surface area contributed by atoms with Gasteiger partial charge in [-0.2, -0.15) is 0 Å². The van der Waals surface area contributed by atoms with E-state index in [4.69, 9.17) is 0 Å². The number of nitrogens with zero attached hydrogens (tertiary/aromatic N) is 2. The van der Waals surface area contributed by atoms with Crippen LogP contribution in [0.1, 0.15) is 40.2 Å². The SMILES string of the molecule is Cc1ccc(-n2cnc3c2CCCC3)c(C(=O)O)c1. The summed E-state index contributed by atoms with van der Waals surface area (Å²) in [5, 5.41) is 9.36. The number of rotatable bonds is 2. The van der Waals surface area contributed by atoms with Crippen molar-refractivity contribution in [2.45, 2.75) is 32.6 Å². The van der Waals surface area contributed by atoms with E-state index in [9.17, 15) is 9.90 Å². The number of aryl methyl sites for hydroxylation is 2. The molecule has 1 aromatic carbocycles. The Hall–Kier alpha value is -2.10. The molecule has 0 radical (unpaired) electrons. The van der Waals surface area contributed by atoms with Crippen LogP contribution in [0.25, 0.3) is 5.69 Å². The van der Waals surface area contributed by atoms with Gasteiger partial charge in [-0.1, -0.05) is 11.6 Å². The molecule has 0 fully saturated rings. The summed E-state index contributed by atoms with van der Waals surface area (Å²) in [4.78, 5) is 15.8. The van der Waals surface area contributed by atoms with E-state index in [0.29, 0.717) is 11.3 Å². The molecule has 1 N–H and O–H groups in total. The zero-order chi connectivity index (χ0) is 13.4. The molecule has 0 amide bonds. The molecule has 0 saturated heterocycles. The van der Waals surface area contributed by atoms with E-state index in [2.05, 4.69) is 4.98 Å². The smallest absolute Gasteiger partial charge is 0.337 e. The van der Waals surface area contributed by atoms with Crippen LogP contribution in [0.3, 0.4) is 0 Å². The van der Waals surface area contributed by atoms with Gasteiger partial charge in [0.05, 0.1) is 23.3 Å². The van der Waals surface area contributed by atoms with Crippen molar-refractivity contribution in [3.63, 3.8) is 0 Å². The number of hydrogen-bond acceptors (Lipinski definition) is 2. The second-order valence-corrected chi connectivity index (χ2v) is 5.04. The van der Waals surface area contributed by atoms with Crippen LogP contribution in [-0.4, -0.2) is 20.6 Å². The largest absolute Gasteiger partial charge is 0.478 e. The number of fused-ring (bicyclic) bond motifs is 1. The Morgan fingerprint density at radius 2 is 2.11 bits per heavy atom. The molecule has 4 nitrogen and oxygen atoms in total. The van der Waals surface area contributed by atoms with Crippen LogP contribution < -0.4 is 0 Å². The fourth-order valence-electron chi connectivity index (χ4n) is 2.71. The van der Waals surface area contributed by atoms with Crippen LogP contribution in [0.4, 0.5) is 0 Å². The highest BCUT2D eigenvalue weighted by molar-refractivity contribution is 5.92. The molecule has 4 heteroatoms. The van der Waals surface area contributed by atoms with Crippen molar-refractivity contribution >= 4 is 5.97 Å². The summed E-state index contributed by atoms with van der Waals surface area (Å²) >= 11 is 0. The maximum Gasteiger partial charge on any atom is 0.337 e. The van der Waals surface area contributed by atoms with Gasteiger partial charge >= 0.3 is 5.97 Å². The number of hydrogen-bond donors (Lipinski definition) is 1. The second-order valence-electron chi connectivity index (χ2n) is 5.04. The van der Waals surface area contributed by atoms with Crippen molar-refractivity contribution in [1.82, 2.24) is 9.55 Å². The van der Waals surface area contributed by atoms with E-state index in [1.165, 1.54) is 6.42 Å². The van der Waals surface area contributed by atoms with Crippen molar-refractivity contribution in [1.29, 1.82) is 0 Å². The Morgan fingerprint density at radius 1 is 1.32 bits per heavy atom. The molecule has 98 valence electrons. The Balaban J connectivity index is 2.17. The summed E-state index contributed by atoms with van der Waals surface area (Å²) < 4.78 is 1.94. The number of carbonyl (C=O) groups is 1. The van der Waals surface area contributed by atoms with Crippen molar-refractivity contribution in [3.8, 4) is 5.69 Å². The van der Waals surface area contributed by atoms with Gasteiger partial charge in [0.25, 0.3) is 0 Å². The van der Waals surface area contributed by atoms with Gasteiger partial charge in [0.15, 0.2) is 0 Å². The third kappa shape index (κ3) is 2.03. The minimum Gasteiger partial charge on any atom is -0.478 e. The van der Waals surface area contributed by atoms with Gasteiger partial charge in [0, 0.05) is 5.69 Å². The summed E-state index contributed by atoms with van der Waals surface area (Å²) in [6.45, 7) is 1.90. The van der Waals surface area contributed by atoms with Crippen molar-refractivity contribution < 1.29 is 9.90 Å². The standard InChI is InChI=1S/C15H16N2O2/c1-10-6-7-13(11(8-10)15(18)19)17-9-16-12-4-2-3-5-14(12)17/h6-9H,2-5H2,1H3,(H,18,19). The van der Waals surface area contributed by atoms with Gasteiger partial charge in [-0.05, 0) is 44.7 Å². The van der Waals surface area contributed by atoms with E-state index < -0.39 is 5.97 Å². The van der Waals surface area contributed by atoms with E-state index in [0.717, 1.165) is 36.2 Å². The summed E-state index contributed by atoms with van der Waals surface area (Å²) in [5.41, 5.74) is 4.29. The van der Waals surface area contributed by atoms with Gasteiger partial charge < -0.3 is 9.67 Å². The van der Waals surface area contributed by atoms with E-state index in [1.807, 2.05) is 23.6 Å². The number of carboxylic acid groups (broad SMARTS) is 1. The van der Waals surface area contributed by atoms with E-state index >= 15 is 0 Å². The van der Waals surface area contributed by atoms with Gasteiger partial charge in [0.2, 0.25) is 0 Å². The fourth-order valence-corrected chi connectivity index (χ4v) is 2.71. The first-order chi connectivity index (χ1) is 9.16. The average molecular weight is 256 g/mol. The molecule has 1 heterocycles. The van der Waals surface area contributed by atoms with Crippen LogP contribution in [0, 0.1) is 6.92 Å². The molecule has 0 atom stereocenters. The van der Waals surface area contributed by atoms with Gasteiger partial charge in [-0.25, -0.2) is 9.78 Å². The summed E-state index contributed by atoms with van der Waals surface area (Å²) in [7, 11) is 0. The second kappa shape index (κ2) is 4.53. The molecule has 2 aromatic rings. The average Bonchev–Trinajstić information content (AvgIpc) is 2.82. The molecule has 0 saturated carbocycles. The monoisotopic (exact) mass is 256 g/mol. The molecule has 3 rings (SSSR count). The highest BCUT2D eigenvalue weighted by atomic mass is 16.4. The Kier molecular flexibility index (Phi) is 2.85. The fraction of sp³-hybridized carbons (Fsp3) is 0.333. The first kappa shape index (κ1) is 12.0. The zero-order valence-corrected chi connectivity index (χ0v) is 10.9. The van der Waals surface area contributed by atoms with Crippen molar-refractivity contribution in [2.75, 3.05) is 0 Å². The Bertz CT molecular complexity index is 644. The predicted molar refractivity (Wildman–Crippen MR) is 71.9 cm³/mol. The van der Waals surface area contributed by atoms with Gasteiger partial charge in [-0.3, -0.25) is 0 Å². The maximum absolute atomic E-state index is 11.4.